The fraction of sp³-hybridized carbons (Fsp3) is 0.375. The van der Waals surface area contributed by atoms with Crippen LogP contribution < -0.4 is 15.0 Å². The third kappa shape index (κ3) is 8.21. The highest BCUT2D eigenvalue weighted by atomic mass is 16.7. The molecule has 2 aliphatic heterocycles. The van der Waals surface area contributed by atoms with Gasteiger partial charge in [0.1, 0.15) is 23.9 Å². The molecule has 2 fully saturated rings. The largest absolute Gasteiger partial charge is 0.486 e. The van der Waals surface area contributed by atoms with E-state index in [0.29, 0.717) is 30.5 Å². The molecule has 2 atom stereocenters. The van der Waals surface area contributed by atoms with Crippen molar-refractivity contribution in [2.75, 3.05) is 13.2 Å². The summed E-state index contributed by atoms with van der Waals surface area (Å²) in [6.07, 6.45) is 4.75. The fourth-order valence-corrected chi connectivity index (χ4v) is 4.31. The number of ether oxygens (including phenoxy) is 5. The molecular formula is C32H32N2O6. The van der Waals surface area contributed by atoms with Crippen molar-refractivity contribution < 1.29 is 23.7 Å². The standard InChI is InChI=1S/C32H32N2O6/c35-32-31(40-30-15-7-9-21-37-30)27(22-39-29-14-6-8-20-36-29)33-28(34-32)23-38-26-18-16-25(17-19-26)13-5-4-12-24-10-2-1-3-11-24/h1-3,10-11,16-19,29-30H,6-9,14-15,20-23H2,(H,33,34,35). The van der Waals surface area contributed by atoms with Crippen LogP contribution in [0.25, 0.3) is 0 Å². The number of hydrogen-bond acceptors (Lipinski definition) is 7. The Kier molecular flexibility index (Phi) is 9.86. The van der Waals surface area contributed by atoms with Crippen LogP contribution in [0.15, 0.2) is 59.4 Å². The molecule has 0 radical (unpaired) electrons. The van der Waals surface area contributed by atoms with Crippen LogP contribution in [0.1, 0.15) is 61.2 Å². The molecule has 1 aromatic heterocycles. The van der Waals surface area contributed by atoms with Gasteiger partial charge < -0.3 is 28.7 Å². The smallest absolute Gasteiger partial charge is 0.293 e. The summed E-state index contributed by atoms with van der Waals surface area (Å²) in [5, 5.41) is 0. The number of aromatic amines is 1. The van der Waals surface area contributed by atoms with Gasteiger partial charge in [-0.05, 0) is 80.3 Å². The van der Waals surface area contributed by atoms with E-state index in [1.165, 1.54) is 0 Å². The van der Waals surface area contributed by atoms with Gasteiger partial charge in [0, 0.05) is 24.2 Å². The zero-order chi connectivity index (χ0) is 27.4. The average molecular weight is 541 g/mol. The highest BCUT2D eigenvalue weighted by Gasteiger charge is 2.23. The predicted octanol–water partition coefficient (Wildman–Crippen LogP) is 4.70. The minimum absolute atomic E-state index is 0.0654. The van der Waals surface area contributed by atoms with E-state index in [0.717, 1.165) is 49.7 Å². The first-order valence-corrected chi connectivity index (χ1v) is 13.7. The number of hydrogen-bond donors (Lipinski definition) is 1. The Labute approximate surface area is 234 Å². The first kappa shape index (κ1) is 27.5. The fourth-order valence-electron chi connectivity index (χ4n) is 4.31. The van der Waals surface area contributed by atoms with Crippen LogP contribution in [0, 0.1) is 23.7 Å². The summed E-state index contributed by atoms with van der Waals surface area (Å²) in [7, 11) is 0. The molecule has 5 rings (SSSR count). The van der Waals surface area contributed by atoms with Crippen molar-refractivity contribution in [2.45, 2.75) is 64.3 Å². The highest BCUT2D eigenvalue weighted by Crippen LogP contribution is 2.22. The molecule has 0 bridgehead atoms. The molecule has 2 aromatic carbocycles. The molecule has 2 saturated heterocycles. The van der Waals surface area contributed by atoms with Gasteiger partial charge in [0.25, 0.3) is 5.56 Å². The zero-order valence-corrected chi connectivity index (χ0v) is 22.3. The lowest BCUT2D eigenvalue weighted by Crippen LogP contribution is -2.30. The maximum absolute atomic E-state index is 13.0. The average Bonchev–Trinajstić information content (AvgIpc) is 3.01. The molecule has 206 valence electrons. The number of H-pyrrole nitrogens is 1. The Morgan fingerprint density at radius 2 is 1.50 bits per heavy atom. The second kappa shape index (κ2) is 14.3. The van der Waals surface area contributed by atoms with Gasteiger partial charge in [-0.25, -0.2) is 4.98 Å². The molecule has 40 heavy (non-hydrogen) atoms. The zero-order valence-electron chi connectivity index (χ0n) is 22.3. The Bertz CT molecular complexity index is 1420. The normalized spacial score (nSPS) is 18.5. The van der Waals surface area contributed by atoms with Gasteiger partial charge in [-0.1, -0.05) is 30.0 Å². The molecule has 3 aromatic rings. The quantitative estimate of drug-likeness (QED) is 0.414. The Morgan fingerprint density at radius 3 is 2.17 bits per heavy atom. The van der Waals surface area contributed by atoms with Gasteiger partial charge in [0.05, 0.1) is 13.2 Å². The van der Waals surface area contributed by atoms with Gasteiger partial charge in [-0.2, -0.15) is 0 Å². The minimum Gasteiger partial charge on any atom is -0.486 e. The van der Waals surface area contributed by atoms with Crippen LogP contribution in [0.5, 0.6) is 11.5 Å². The number of nitrogens with one attached hydrogen (secondary N) is 1. The molecule has 2 aliphatic rings. The molecule has 0 spiro atoms. The summed E-state index contributed by atoms with van der Waals surface area (Å²) in [4.78, 5) is 20.4. The molecule has 1 N–H and O–H groups in total. The molecule has 0 saturated carbocycles. The van der Waals surface area contributed by atoms with Crippen molar-refractivity contribution in [1.82, 2.24) is 9.97 Å². The summed E-state index contributed by atoms with van der Waals surface area (Å²) >= 11 is 0. The van der Waals surface area contributed by atoms with Crippen molar-refractivity contribution in [1.29, 1.82) is 0 Å². The minimum atomic E-state index is -0.477. The maximum atomic E-state index is 13.0. The summed E-state index contributed by atoms with van der Waals surface area (Å²) in [5.74, 6) is 12.9. The number of nitrogens with zero attached hydrogens (tertiary/aromatic N) is 1. The van der Waals surface area contributed by atoms with Gasteiger partial charge in [-0.3, -0.25) is 4.79 Å². The number of aromatic nitrogens is 2. The second-order valence-corrected chi connectivity index (χ2v) is 9.49. The van der Waals surface area contributed by atoms with Gasteiger partial charge >= 0.3 is 0 Å². The summed E-state index contributed by atoms with van der Waals surface area (Å²) in [6, 6.07) is 17.1. The van der Waals surface area contributed by atoms with Crippen LogP contribution in [0.4, 0.5) is 0 Å². The first-order valence-electron chi connectivity index (χ1n) is 13.7. The van der Waals surface area contributed by atoms with Crippen LogP contribution >= 0.6 is 0 Å². The third-order valence-corrected chi connectivity index (χ3v) is 6.41. The predicted molar refractivity (Wildman–Crippen MR) is 148 cm³/mol. The van der Waals surface area contributed by atoms with E-state index in [1.807, 2.05) is 54.6 Å². The van der Waals surface area contributed by atoms with Crippen molar-refractivity contribution >= 4 is 0 Å². The van der Waals surface area contributed by atoms with Crippen molar-refractivity contribution in [3.63, 3.8) is 0 Å². The number of benzene rings is 2. The maximum Gasteiger partial charge on any atom is 0.293 e. The topological polar surface area (TPSA) is 91.9 Å². The summed E-state index contributed by atoms with van der Waals surface area (Å²) in [5.41, 5.74) is 1.74. The van der Waals surface area contributed by atoms with Crippen molar-refractivity contribution in [3.8, 4) is 35.2 Å². The van der Waals surface area contributed by atoms with E-state index in [9.17, 15) is 4.79 Å². The van der Waals surface area contributed by atoms with Gasteiger partial charge in [0.2, 0.25) is 5.75 Å². The van der Waals surface area contributed by atoms with Crippen LogP contribution in [0.3, 0.4) is 0 Å². The third-order valence-electron chi connectivity index (χ3n) is 6.41. The van der Waals surface area contributed by atoms with E-state index >= 15 is 0 Å². The lowest BCUT2D eigenvalue weighted by molar-refractivity contribution is -0.170. The van der Waals surface area contributed by atoms with Crippen LogP contribution in [-0.4, -0.2) is 35.8 Å². The molecule has 8 nitrogen and oxygen atoms in total. The molecule has 0 amide bonds. The highest BCUT2D eigenvalue weighted by molar-refractivity contribution is 5.45. The first-order chi connectivity index (χ1) is 19.7. The monoisotopic (exact) mass is 540 g/mol. The van der Waals surface area contributed by atoms with E-state index in [1.54, 1.807) is 0 Å². The lowest BCUT2D eigenvalue weighted by Gasteiger charge is -2.25. The SMILES string of the molecule is O=c1[nH]c(COc2ccc(C#CC#Cc3ccccc3)cc2)nc(COC2CCCCO2)c1OC1CCCCO1. The van der Waals surface area contributed by atoms with E-state index in [4.69, 9.17) is 23.7 Å². The lowest BCUT2D eigenvalue weighted by atomic mass is 10.2. The molecule has 2 unspecified atom stereocenters. The van der Waals surface area contributed by atoms with Crippen molar-refractivity contribution in [2.24, 2.45) is 0 Å². The van der Waals surface area contributed by atoms with E-state index in [-0.39, 0.29) is 25.3 Å². The molecular weight excluding hydrogens is 508 g/mol. The van der Waals surface area contributed by atoms with Crippen LogP contribution in [0.2, 0.25) is 0 Å². The molecule has 0 aliphatic carbocycles. The Balaban J connectivity index is 1.23. The Morgan fingerprint density at radius 1 is 0.825 bits per heavy atom. The Hall–Kier alpha value is -4.08. The summed E-state index contributed by atoms with van der Waals surface area (Å²) < 4.78 is 29.1. The number of rotatable bonds is 8. The van der Waals surface area contributed by atoms with E-state index < -0.39 is 11.8 Å². The van der Waals surface area contributed by atoms with E-state index in [2.05, 4.69) is 33.6 Å². The molecule has 8 heteroatoms. The van der Waals surface area contributed by atoms with Gasteiger partial charge in [0.15, 0.2) is 12.6 Å². The van der Waals surface area contributed by atoms with Gasteiger partial charge in [-0.15, -0.1) is 0 Å². The summed E-state index contributed by atoms with van der Waals surface area (Å²) in [6.45, 7) is 1.42. The second-order valence-electron chi connectivity index (χ2n) is 9.49. The van der Waals surface area contributed by atoms with Crippen molar-refractivity contribution in [3.05, 3.63) is 87.6 Å². The van der Waals surface area contributed by atoms with Crippen LogP contribution in [-0.2, 0) is 27.4 Å². The molecule has 3 heterocycles.